The summed E-state index contributed by atoms with van der Waals surface area (Å²) >= 11 is 5.51. The molecular formula is C18H12ClF4N3O. The van der Waals surface area contributed by atoms with Gasteiger partial charge < -0.3 is 0 Å². The van der Waals surface area contributed by atoms with Crippen LogP contribution in [-0.2, 0) is 11.8 Å². The van der Waals surface area contributed by atoms with Crippen molar-refractivity contribution in [3.05, 3.63) is 64.9 Å². The molecule has 3 aromatic rings. The number of amides is 1. The van der Waals surface area contributed by atoms with Crippen LogP contribution < -0.4 is 4.90 Å². The van der Waals surface area contributed by atoms with E-state index in [1.165, 1.54) is 25.4 Å². The first-order valence-corrected chi connectivity index (χ1v) is 8.01. The van der Waals surface area contributed by atoms with E-state index in [1.807, 2.05) is 0 Å². The van der Waals surface area contributed by atoms with Crippen LogP contribution in [0.1, 0.15) is 12.1 Å². The number of nitrogens with zero attached hydrogens (tertiary/aromatic N) is 3. The number of carbonyl (C=O) groups excluding carboxylic acids is 1. The first-order chi connectivity index (χ1) is 12.8. The lowest BCUT2D eigenvalue weighted by Gasteiger charge is -2.21. The van der Waals surface area contributed by atoms with E-state index in [2.05, 4.69) is 5.10 Å². The molecule has 0 atom stereocenters. The lowest BCUT2D eigenvalue weighted by atomic mass is 10.0. The van der Waals surface area contributed by atoms with Gasteiger partial charge in [-0.3, -0.25) is 14.4 Å². The summed E-state index contributed by atoms with van der Waals surface area (Å²) in [5, 5.41) is 3.02. The van der Waals surface area contributed by atoms with Crippen LogP contribution in [0.3, 0.4) is 0 Å². The third-order valence-electron chi connectivity index (χ3n) is 3.87. The Hall–Kier alpha value is -2.87. The van der Waals surface area contributed by atoms with Gasteiger partial charge in [-0.05, 0) is 23.8 Å². The normalized spacial score (nSPS) is 11.1. The minimum Gasteiger partial charge on any atom is -0.279 e. The molecule has 0 N–H and O–H groups in total. The van der Waals surface area contributed by atoms with Crippen LogP contribution in [0.25, 0.3) is 11.1 Å². The number of hydrogen-bond donors (Lipinski definition) is 0. The third-order valence-corrected chi connectivity index (χ3v) is 4.23. The molecule has 140 valence electrons. The van der Waals surface area contributed by atoms with Crippen LogP contribution in [0.5, 0.6) is 0 Å². The highest BCUT2D eigenvalue weighted by atomic mass is 35.5. The zero-order valence-corrected chi connectivity index (χ0v) is 14.6. The predicted octanol–water partition coefficient (Wildman–Crippen LogP) is 5.25. The Morgan fingerprint density at radius 2 is 1.78 bits per heavy atom. The summed E-state index contributed by atoms with van der Waals surface area (Å²) in [6.07, 6.45) is -1.32. The molecule has 27 heavy (non-hydrogen) atoms. The van der Waals surface area contributed by atoms with Gasteiger partial charge in [0.15, 0.2) is 5.69 Å². The maximum Gasteiger partial charge on any atom is 0.284 e. The Kier molecular flexibility index (Phi) is 5.18. The highest BCUT2D eigenvalue weighted by molar-refractivity contribution is 6.31. The van der Waals surface area contributed by atoms with Gasteiger partial charge in [0.2, 0.25) is 6.41 Å². The number of aryl methyl sites for hydroxylation is 1. The molecule has 1 heterocycles. The highest BCUT2D eigenvalue weighted by Crippen LogP contribution is 2.38. The minimum atomic E-state index is -2.92. The van der Waals surface area contributed by atoms with E-state index in [0.717, 1.165) is 21.7 Å². The van der Waals surface area contributed by atoms with Crippen LogP contribution >= 0.6 is 11.6 Å². The average Bonchev–Trinajstić information content (AvgIpc) is 3.02. The summed E-state index contributed by atoms with van der Waals surface area (Å²) < 4.78 is 55.5. The van der Waals surface area contributed by atoms with Crippen molar-refractivity contribution < 1.29 is 22.4 Å². The molecule has 0 spiro atoms. The van der Waals surface area contributed by atoms with Crippen LogP contribution in [0.4, 0.5) is 28.9 Å². The Balaban J connectivity index is 2.20. The van der Waals surface area contributed by atoms with Gasteiger partial charge in [0.05, 0.1) is 11.4 Å². The van der Waals surface area contributed by atoms with Crippen molar-refractivity contribution in [2.75, 3.05) is 4.90 Å². The minimum absolute atomic E-state index is 0.0966. The third kappa shape index (κ3) is 3.52. The van der Waals surface area contributed by atoms with Crippen molar-refractivity contribution in [3.63, 3.8) is 0 Å². The van der Waals surface area contributed by atoms with Crippen molar-refractivity contribution in [3.8, 4) is 11.1 Å². The maximum absolute atomic E-state index is 13.9. The number of hydrogen-bond acceptors (Lipinski definition) is 2. The molecule has 0 radical (unpaired) electrons. The summed E-state index contributed by atoms with van der Waals surface area (Å²) in [6, 6.07) is 8.14. The van der Waals surface area contributed by atoms with Gasteiger partial charge in [-0.1, -0.05) is 29.8 Å². The standard InChI is InChI=1S/C18H12ClF4N3O/c1-25-8-15(17(24-25)18(22)23)26(9-27)14-5-3-2-4-11(14)10-6-12(20)16(19)13(21)7-10/h2-9,18H,1H3. The fourth-order valence-electron chi connectivity index (χ4n) is 2.72. The number of carbonyl (C=O) groups is 1. The topological polar surface area (TPSA) is 38.1 Å². The Morgan fingerprint density at radius 1 is 1.15 bits per heavy atom. The average molecular weight is 398 g/mol. The second-order valence-corrected chi connectivity index (χ2v) is 6.00. The van der Waals surface area contributed by atoms with Gasteiger partial charge in [0, 0.05) is 18.8 Å². The molecule has 0 aliphatic rings. The van der Waals surface area contributed by atoms with Crippen molar-refractivity contribution in [1.29, 1.82) is 0 Å². The van der Waals surface area contributed by atoms with Gasteiger partial charge in [-0.25, -0.2) is 17.6 Å². The molecule has 0 aliphatic heterocycles. The molecule has 0 saturated heterocycles. The van der Waals surface area contributed by atoms with E-state index < -0.39 is 28.8 Å². The summed E-state index contributed by atoms with van der Waals surface area (Å²) in [7, 11) is 1.44. The van der Waals surface area contributed by atoms with Crippen LogP contribution in [-0.4, -0.2) is 16.2 Å². The van der Waals surface area contributed by atoms with Gasteiger partial charge in [0.1, 0.15) is 16.7 Å². The summed E-state index contributed by atoms with van der Waals surface area (Å²) in [5.74, 6) is -1.96. The van der Waals surface area contributed by atoms with Crippen molar-refractivity contribution in [2.24, 2.45) is 7.05 Å². The zero-order chi connectivity index (χ0) is 19.7. The lowest BCUT2D eigenvalue weighted by Crippen LogP contribution is -2.16. The zero-order valence-electron chi connectivity index (χ0n) is 13.8. The fraction of sp³-hybridized carbons (Fsp3) is 0.111. The Labute approximate surface area is 156 Å². The predicted molar refractivity (Wildman–Crippen MR) is 93.2 cm³/mol. The highest BCUT2D eigenvalue weighted by Gasteiger charge is 2.25. The van der Waals surface area contributed by atoms with Crippen molar-refractivity contribution in [1.82, 2.24) is 9.78 Å². The number of aromatic nitrogens is 2. The van der Waals surface area contributed by atoms with E-state index >= 15 is 0 Å². The molecule has 9 heteroatoms. The summed E-state index contributed by atoms with van der Waals surface area (Å²) in [5.41, 5.74) is -0.219. The molecule has 2 aromatic carbocycles. The molecule has 1 amide bonds. The Bertz CT molecular complexity index is 983. The smallest absolute Gasteiger partial charge is 0.279 e. The number of rotatable bonds is 5. The number of halogens is 5. The van der Waals surface area contributed by atoms with Crippen LogP contribution in [0.2, 0.25) is 5.02 Å². The molecule has 0 fully saturated rings. The number of anilines is 2. The van der Waals surface area contributed by atoms with Crippen LogP contribution in [0, 0.1) is 11.6 Å². The van der Waals surface area contributed by atoms with E-state index in [1.54, 1.807) is 12.1 Å². The fourth-order valence-corrected chi connectivity index (χ4v) is 2.83. The maximum atomic E-state index is 13.9. The van der Waals surface area contributed by atoms with Crippen molar-refractivity contribution >= 4 is 29.4 Å². The van der Waals surface area contributed by atoms with Crippen LogP contribution in [0.15, 0.2) is 42.6 Å². The number of benzene rings is 2. The SMILES string of the molecule is Cn1cc(N(C=O)c2ccccc2-c2cc(F)c(Cl)c(F)c2)c(C(F)F)n1. The Morgan fingerprint density at radius 3 is 2.37 bits per heavy atom. The van der Waals surface area contributed by atoms with E-state index in [0.29, 0.717) is 6.41 Å². The van der Waals surface area contributed by atoms with Gasteiger partial charge >= 0.3 is 0 Å². The number of alkyl halides is 2. The molecular weight excluding hydrogens is 386 g/mol. The molecule has 3 rings (SSSR count). The molecule has 4 nitrogen and oxygen atoms in total. The quantitative estimate of drug-likeness (QED) is 0.335. The molecule has 1 aromatic heterocycles. The van der Waals surface area contributed by atoms with Crippen molar-refractivity contribution in [2.45, 2.75) is 6.43 Å². The monoisotopic (exact) mass is 397 g/mol. The van der Waals surface area contributed by atoms with E-state index in [4.69, 9.17) is 11.6 Å². The largest absolute Gasteiger partial charge is 0.284 e. The lowest BCUT2D eigenvalue weighted by molar-refractivity contribution is -0.106. The first kappa shape index (κ1) is 18.9. The molecule has 0 aliphatic carbocycles. The number of para-hydroxylation sites is 1. The molecule has 0 saturated carbocycles. The molecule has 0 unspecified atom stereocenters. The molecule has 0 bridgehead atoms. The van der Waals surface area contributed by atoms with E-state index in [-0.39, 0.29) is 22.5 Å². The first-order valence-electron chi connectivity index (χ1n) is 7.63. The van der Waals surface area contributed by atoms with Gasteiger partial charge in [0.25, 0.3) is 6.43 Å². The summed E-state index contributed by atoms with van der Waals surface area (Å²) in [4.78, 5) is 12.7. The van der Waals surface area contributed by atoms with Gasteiger partial charge in [-0.15, -0.1) is 0 Å². The second kappa shape index (κ2) is 7.40. The van der Waals surface area contributed by atoms with E-state index in [9.17, 15) is 22.4 Å². The second-order valence-electron chi connectivity index (χ2n) is 5.62. The van der Waals surface area contributed by atoms with Gasteiger partial charge in [-0.2, -0.15) is 5.10 Å². The summed E-state index contributed by atoms with van der Waals surface area (Å²) in [6.45, 7) is 0.